The minimum Gasteiger partial charge on any atom is -0.324 e. The molecule has 1 amide bonds. The lowest BCUT2D eigenvalue weighted by Gasteiger charge is -2.07. The normalized spacial score (nSPS) is 11.6. The minimum atomic E-state index is -0.717. The summed E-state index contributed by atoms with van der Waals surface area (Å²) in [6.07, 6.45) is 0. The highest BCUT2D eigenvalue weighted by atomic mass is 127. The second kappa shape index (κ2) is 5.07. The molecule has 3 nitrogen and oxygen atoms in total. The molecule has 0 aromatic heterocycles. The molecule has 0 fully saturated rings. The average Bonchev–Trinajstić information content (AvgIpc) is 2.20. The minimum absolute atomic E-state index is 0.356. The number of anilines is 1. The number of nitrogens with zero attached hydrogens (tertiary/aromatic N) is 1. The molecule has 0 saturated heterocycles. The summed E-state index contributed by atoms with van der Waals surface area (Å²) in [6.45, 7) is 1.51. The molecule has 0 aliphatic carbocycles. The molecule has 1 unspecified atom stereocenters. The van der Waals surface area contributed by atoms with Crippen LogP contribution in [0.1, 0.15) is 6.92 Å². The van der Waals surface area contributed by atoms with Crippen molar-refractivity contribution in [2.45, 2.75) is 6.92 Å². The Morgan fingerprint density at radius 2 is 2.33 bits per heavy atom. The maximum absolute atomic E-state index is 12.7. The van der Waals surface area contributed by atoms with Crippen molar-refractivity contribution in [2.24, 2.45) is 5.92 Å². The number of hydrogen-bond donors (Lipinski definition) is 1. The van der Waals surface area contributed by atoms with Gasteiger partial charge in [-0.2, -0.15) is 5.26 Å². The Balaban J connectivity index is 2.82. The van der Waals surface area contributed by atoms with Crippen LogP contribution in [0, 0.1) is 26.6 Å². The van der Waals surface area contributed by atoms with Gasteiger partial charge in [0, 0.05) is 3.57 Å². The highest BCUT2D eigenvalue weighted by molar-refractivity contribution is 14.1. The van der Waals surface area contributed by atoms with Crippen LogP contribution in [-0.2, 0) is 4.79 Å². The maximum atomic E-state index is 12.7. The SMILES string of the molecule is CC(C#N)C(=O)Nc1ccc(F)cc1I. The predicted octanol–water partition coefficient (Wildman–Crippen LogP) is 2.53. The van der Waals surface area contributed by atoms with Crippen LogP contribution in [0.25, 0.3) is 0 Å². The first-order valence-corrected chi connectivity index (χ1v) is 5.28. The van der Waals surface area contributed by atoms with E-state index in [1.165, 1.54) is 25.1 Å². The van der Waals surface area contributed by atoms with Crippen LogP contribution in [-0.4, -0.2) is 5.91 Å². The molecular weight excluding hydrogens is 310 g/mol. The molecule has 0 heterocycles. The summed E-state index contributed by atoms with van der Waals surface area (Å²) in [5, 5.41) is 11.1. The number of halogens is 2. The second-order valence-electron chi connectivity index (χ2n) is 2.96. The Bertz CT molecular complexity index is 428. The van der Waals surface area contributed by atoms with Crippen molar-refractivity contribution in [1.29, 1.82) is 5.26 Å². The van der Waals surface area contributed by atoms with Crippen LogP contribution >= 0.6 is 22.6 Å². The molecule has 1 rings (SSSR count). The lowest BCUT2D eigenvalue weighted by Crippen LogP contribution is -2.19. The van der Waals surface area contributed by atoms with Crippen molar-refractivity contribution in [1.82, 2.24) is 0 Å². The Morgan fingerprint density at radius 1 is 1.67 bits per heavy atom. The van der Waals surface area contributed by atoms with Crippen molar-refractivity contribution in [3.05, 3.63) is 27.6 Å². The number of rotatable bonds is 2. The van der Waals surface area contributed by atoms with E-state index in [-0.39, 0.29) is 11.7 Å². The molecule has 0 saturated carbocycles. The zero-order valence-electron chi connectivity index (χ0n) is 7.92. The van der Waals surface area contributed by atoms with Crippen LogP contribution in [0.3, 0.4) is 0 Å². The molecule has 0 radical (unpaired) electrons. The van der Waals surface area contributed by atoms with Crippen LogP contribution in [0.2, 0.25) is 0 Å². The van der Waals surface area contributed by atoms with E-state index in [4.69, 9.17) is 5.26 Å². The number of carbonyl (C=O) groups is 1. The first kappa shape index (κ1) is 11.9. The third-order valence-electron chi connectivity index (χ3n) is 1.78. The molecule has 0 aliphatic rings. The van der Waals surface area contributed by atoms with Gasteiger partial charge in [0.05, 0.1) is 11.8 Å². The maximum Gasteiger partial charge on any atom is 0.241 e. The van der Waals surface area contributed by atoms with E-state index in [1.807, 2.05) is 28.7 Å². The van der Waals surface area contributed by atoms with Crippen molar-refractivity contribution < 1.29 is 9.18 Å². The van der Waals surface area contributed by atoms with Gasteiger partial charge in [0.15, 0.2) is 0 Å². The van der Waals surface area contributed by atoms with Gasteiger partial charge in [0.25, 0.3) is 0 Å². The van der Waals surface area contributed by atoms with E-state index >= 15 is 0 Å². The van der Waals surface area contributed by atoms with E-state index in [0.717, 1.165) is 0 Å². The summed E-state index contributed by atoms with van der Waals surface area (Å²) in [5.41, 5.74) is 0.518. The van der Waals surface area contributed by atoms with Crippen LogP contribution in [0.5, 0.6) is 0 Å². The van der Waals surface area contributed by atoms with Crippen LogP contribution in [0.15, 0.2) is 18.2 Å². The Morgan fingerprint density at radius 3 is 2.87 bits per heavy atom. The van der Waals surface area contributed by atoms with Gasteiger partial charge in [0.2, 0.25) is 5.91 Å². The molecule has 1 aromatic carbocycles. The highest BCUT2D eigenvalue weighted by Gasteiger charge is 2.12. The lowest BCUT2D eigenvalue weighted by atomic mass is 10.2. The summed E-state index contributed by atoms with van der Waals surface area (Å²) in [4.78, 5) is 11.3. The van der Waals surface area contributed by atoms with Crippen molar-refractivity contribution >= 4 is 34.2 Å². The number of benzene rings is 1. The predicted molar refractivity (Wildman–Crippen MR) is 62.5 cm³/mol. The van der Waals surface area contributed by atoms with E-state index in [0.29, 0.717) is 9.26 Å². The standard InChI is InChI=1S/C10H8FIN2O/c1-6(5-13)10(15)14-9-3-2-7(11)4-8(9)12/h2-4,6H,1H3,(H,14,15). The molecule has 1 atom stereocenters. The Hall–Kier alpha value is -1.16. The molecule has 1 N–H and O–H groups in total. The fourth-order valence-corrected chi connectivity index (χ4v) is 1.50. The molecule has 0 aliphatic heterocycles. The first-order chi connectivity index (χ1) is 7.04. The summed E-state index contributed by atoms with van der Waals surface area (Å²) in [5.74, 6) is -1.46. The monoisotopic (exact) mass is 318 g/mol. The van der Waals surface area contributed by atoms with Gasteiger partial charge in [-0.15, -0.1) is 0 Å². The number of hydrogen-bond acceptors (Lipinski definition) is 2. The molecule has 78 valence electrons. The molecule has 1 aromatic rings. The Labute approximate surface area is 100 Å². The Kier molecular flexibility index (Phi) is 4.03. The lowest BCUT2D eigenvalue weighted by molar-refractivity contribution is -0.117. The van der Waals surface area contributed by atoms with Crippen molar-refractivity contribution in [3.8, 4) is 6.07 Å². The highest BCUT2D eigenvalue weighted by Crippen LogP contribution is 2.19. The zero-order chi connectivity index (χ0) is 11.4. The van der Waals surface area contributed by atoms with Crippen LogP contribution < -0.4 is 5.32 Å². The van der Waals surface area contributed by atoms with Gasteiger partial charge in [-0.25, -0.2) is 4.39 Å². The second-order valence-corrected chi connectivity index (χ2v) is 4.13. The molecule has 0 bridgehead atoms. The average molecular weight is 318 g/mol. The van der Waals surface area contributed by atoms with Crippen LogP contribution in [0.4, 0.5) is 10.1 Å². The quantitative estimate of drug-likeness (QED) is 0.852. The third kappa shape index (κ3) is 3.16. The van der Waals surface area contributed by atoms with Gasteiger partial charge < -0.3 is 5.32 Å². The topological polar surface area (TPSA) is 52.9 Å². The summed E-state index contributed by atoms with van der Waals surface area (Å²) in [6, 6.07) is 5.87. The molecule has 5 heteroatoms. The number of amides is 1. The third-order valence-corrected chi connectivity index (χ3v) is 2.67. The summed E-state index contributed by atoms with van der Waals surface area (Å²) in [7, 11) is 0. The van der Waals surface area contributed by atoms with Gasteiger partial charge in [0.1, 0.15) is 11.7 Å². The molecule has 15 heavy (non-hydrogen) atoms. The smallest absolute Gasteiger partial charge is 0.241 e. The largest absolute Gasteiger partial charge is 0.324 e. The number of carbonyl (C=O) groups excluding carboxylic acids is 1. The van der Waals surface area contributed by atoms with E-state index in [1.54, 1.807) is 0 Å². The molecular formula is C10H8FIN2O. The number of nitrogens with one attached hydrogen (secondary N) is 1. The summed E-state index contributed by atoms with van der Waals surface area (Å²) >= 11 is 1.92. The van der Waals surface area contributed by atoms with E-state index in [2.05, 4.69) is 5.32 Å². The molecule has 0 spiro atoms. The van der Waals surface area contributed by atoms with Crippen molar-refractivity contribution in [2.75, 3.05) is 5.32 Å². The van der Waals surface area contributed by atoms with Gasteiger partial charge in [-0.3, -0.25) is 4.79 Å². The van der Waals surface area contributed by atoms with Gasteiger partial charge >= 0.3 is 0 Å². The van der Waals surface area contributed by atoms with E-state index in [9.17, 15) is 9.18 Å². The fraction of sp³-hybridized carbons (Fsp3) is 0.200. The van der Waals surface area contributed by atoms with E-state index < -0.39 is 5.92 Å². The van der Waals surface area contributed by atoms with Gasteiger partial charge in [-0.05, 0) is 47.7 Å². The zero-order valence-corrected chi connectivity index (χ0v) is 10.1. The number of nitriles is 1. The fourth-order valence-electron chi connectivity index (χ4n) is 0.890. The first-order valence-electron chi connectivity index (χ1n) is 4.20. The summed E-state index contributed by atoms with van der Waals surface area (Å²) < 4.78 is 13.3. The van der Waals surface area contributed by atoms with Gasteiger partial charge in [-0.1, -0.05) is 0 Å². The van der Waals surface area contributed by atoms with Crippen molar-refractivity contribution in [3.63, 3.8) is 0 Å².